The summed E-state index contributed by atoms with van der Waals surface area (Å²) in [5.41, 5.74) is -0.579. The largest absolute Gasteiger partial charge is 0.481 e. The van der Waals surface area contributed by atoms with Crippen LogP contribution in [0.4, 0.5) is 13.2 Å². The lowest BCUT2D eigenvalue weighted by atomic mass is 10.1. The first-order valence-corrected chi connectivity index (χ1v) is 8.19. The summed E-state index contributed by atoms with van der Waals surface area (Å²) in [6.45, 7) is 1.84. The Morgan fingerprint density at radius 3 is 2.68 bits per heavy atom. The second kappa shape index (κ2) is 8.46. The van der Waals surface area contributed by atoms with E-state index in [-0.39, 0.29) is 11.8 Å². The Bertz CT molecular complexity index is 782. The van der Waals surface area contributed by atoms with Gasteiger partial charge < -0.3 is 24.8 Å². The van der Waals surface area contributed by atoms with Gasteiger partial charge in [0.25, 0.3) is 11.6 Å². The third-order valence-electron chi connectivity index (χ3n) is 3.91. The Labute approximate surface area is 159 Å². The molecule has 2 rings (SSSR count). The Kier molecular flexibility index (Phi) is 6.49. The minimum Gasteiger partial charge on any atom is -0.481 e. The molecule has 0 radical (unpaired) electrons. The zero-order valence-electron chi connectivity index (χ0n) is 15.8. The SMILES string of the molecule is COC1=CN=CC(OC)(C(=O)NC(C)c2cnc(OCC(F)(F)F)c(C)c2)N1. The summed E-state index contributed by atoms with van der Waals surface area (Å²) in [7, 11) is 2.75. The van der Waals surface area contributed by atoms with Crippen LogP contribution < -0.4 is 15.4 Å². The number of hydrogen-bond acceptors (Lipinski definition) is 7. The lowest BCUT2D eigenvalue weighted by Gasteiger charge is -2.32. The molecule has 1 amide bonds. The van der Waals surface area contributed by atoms with E-state index in [1.165, 1.54) is 32.8 Å². The predicted molar refractivity (Wildman–Crippen MR) is 93.5 cm³/mol. The van der Waals surface area contributed by atoms with Gasteiger partial charge in [0.15, 0.2) is 6.61 Å². The van der Waals surface area contributed by atoms with Gasteiger partial charge in [0.1, 0.15) is 0 Å². The summed E-state index contributed by atoms with van der Waals surface area (Å²) < 4.78 is 51.8. The van der Waals surface area contributed by atoms with E-state index < -0.39 is 30.5 Å². The maximum atomic E-state index is 12.7. The number of amides is 1. The molecule has 0 spiro atoms. The van der Waals surface area contributed by atoms with E-state index in [2.05, 4.69) is 25.3 Å². The standard InChI is InChI=1S/C17H21F3N4O4/c1-10-5-12(6-22-14(10)28-9-17(18,19)20)11(2)23-15(25)16(27-4)8-21-7-13(24-16)26-3/h5-8,11,24H,9H2,1-4H3,(H,23,25). The Morgan fingerprint density at radius 1 is 1.39 bits per heavy atom. The lowest BCUT2D eigenvalue weighted by molar-refractivity contribution is -0.154. The van der Waals surface area contributed by atoms with Crippen LogP contribution in [0.25, 0.3) is 0 Å². The summed E-state index contributed by atoms with van der Waals surface area (Å²) in [4.78, 5) is 20.6. The number of rotatable bonds is 7. The van der Waals surface area contributed by atoms with E-state index in [0.29, 0.717) is 11.1 Å². The number of nitrogens with one attached hydrogen (secondary N) is 2. The van der Waals surface area contributed by atoms with E-state index in [0.717, 1.165) is 0 Å². The fraction of sp³-hybridized carbons (Fsp3) is 0.471. The van der Waals surface area contributed by atoms with Crippen LogP contribution in [0.2, 0.25) is 0 Å². The van der Waals surface area contributed by atoms with Crippen LogP contribution in [0.15, 0.2) is 29.3 Å². The Balaban J connectivity index is 2.08. The van der Waals surface area contributed by atoms with E-state index in [1.807, 2.05) is 0 Å². The monoisotopic (exact) mass is 402 g/mol. The summed E-state index contributed by atoms with van der Waals surface area (Å²) in [5, 5.41) is 5.53. The minimum absolute atomic E-state index is 0.121. The maximum absolute atomic E-state index is 12.7. The van der Waals surface area contributed by atoms with Crippen molar-refractivity contribution in [2.45, 2.75) is 31.8 Å². The van der Waals surface area contributed by atoms with Gasteiger partial charge in [-0.1, -0.05) is 0 Å². The Hall–Kier alpha value is -2.82. The number of aliphatic imine (C=N–C) groups is 1. The van der Waals surface area contributed by atoms with Crippen molar-refractivity contribution in [3.63, 3.8) is 0 Å². The van der Waals surface area contributed by atoms with Crippen LogP contribution in [-0.4, -0.2) is 49.8 Å². The van der Waals surface area contributed by atoms with E-state index in [1.54, 1.807) is 19.9 Å². The molecule has 0 fully saturated rings. The molecular formula is C17H21F3N4O4. The number of aromatic nitrogens is 1. The average Bonchev–Trinajstić information content (AvgIpc) is 2.66. The zero-order valence-corrected chi connectivity index (χ0v) is 15.8. The van der Waals surface area contributed by atoms with Crippen molar-refractivity contribution in [2.24, 2.45) is 4.99 Å². The van der Waals surface area contributed by atoms with Crippen LogP contribution in [0.5, 0.6) is 5.88 Å². The van der Waals surface area contributed by atoms with Crippen LogP contribution in [0, 0.1) is 6.92 Å². The fourth-order valence-electron chi connectivity index (χ4n) is 2.38. The molecule has 1 aromatic heterocycles. The summed E-state index contributed by atoms with van der Waals surface area (Å²) in [5.74, 6) is -0.413. The molecule has 2 atom stereocenters. The number of halogens is 3. The third kappa shape index (κ3) is 5.12. The van der Waals surface area contributed by atoms with E-state index in [9.17, 15) is 18.0 Å². The van der Waals surface area contributed by atoms with Crippen LogP contribution in [0.3, 0.4) is 0 Å². The van der Waals surface area contributed by atoms with Crippen LogP contribution in [-0.2, 0) is 14.3 Å². The molecule has 2 heterocycles. The second-order valence-electron chi connectivity index (χ2n) is 6.03. The first-order chi connectivity index (χ1) is 13.1. The highest BCUT2D eigenvalue weighted by atomic mass is 19.4. The molecule has 0 aliphatic carbocycles. The predicted octanol–water partition coefficient (Wildman–Crippen LogP) is 1.97. The molecule has 11 heteroatoms. The Morgan fingerprint density at radius 2 is 2.11 bits per heavy atom. The summed E-state index contributed by atoms with van der Waals surface area (Å²) in [6, 6.07) is 1.07. The molecule has 154 valence electrons. The molecule has 8 nitrogen and oxygen atoms in total. The number of carbonyl (C=O) groups excluding carboxylic acids is 1. The van der Waals surface area contributed by atoms with Gasteiger partial charge in [0, 0.05) is 18.9 Å². The highest BCUT2D eigenvalue weighted by Crippen LogP contribution is 2.23. The molecule has 2 N–H and O–H groups in total. The molecule has 0 aromatic carbocycles. The third-order valence-corrected chi connectivity index (χ3v) is 3.91. The number of aryl methyl sites for hydroxylation is 1. The minimum atomic E-state index is -4.45. The molecule has 2 unspecified atom stereocenters. The van der Waals surface area contributed by atoms with Crippen LogP contribution >= 0.6 is 0 Å². The number of carbonyl (C=O) groups is 1. The average molecular weight is 402 g/mol. The number of alkyl halides is 3. The van der Waals surface area contributed by atoms with E-state index >= 15 is 0 Å². The van der Waals surface area contributed by atoms with Crippen molar-refractivity contribution >= 4 is 12.1 Å². The fourth-order valence-corrected chi connectivity index (χ4v) is 2.38. The topological polar surface area (TPSA) is 94.1 Å². The van der Waals surface area contributed by atoms with Gasteiger partial charge in [-0.2, -0.15) is 13.2 Å². The van der Waals surface area contributed by atoms with Crippen molar-refractivity contribution in [3.05, 3.63) is 35.5 Å². The second-order valence-corrected chi connectivity index (χ2v) is 6.03. The molecule has 1 aromatic rings. The first kappa shape index (κ1) is 21.5. The maximum Gasteiger partial charge on any atom is 0.422 e. The quantitative estimate of drug-likeness (QED) is 0.724. The molecule has 0 saturated heterocycles. The zero-order chi connectivity index (χ0) is 20.9. The number of ether oxygens (including phenoxy) is 3. The summed E-state index contributed by atoms with van der Waals surface area (Å²) >= 11 is 0. The van der Waals surface area contributed by atoms with Gasteiger partial charge in [-0.25, -0.2) is 4.98 Å². The molecular weight excluding hydrogens is 381 g/mol. The molecule has 1 aliphatic rings. The molecule has 0 saturated carbocycles. The summed E-state index contributed by atoms with van der Waals surface area (Å²) in [6.07, 6.45) is -0.436. The highest BCUT2D eigenvalue weighted by Gasteiger charge is 2.40. The van der Waals surface area contributed by atoms with Crippen molar-refractivity contribution in [1.29, 1.82) is 0 Å². The van der Waals surface area contributed by atoms with E-state index in [4.69, 9.17) is 9.47 Å². The number of methoxy groups -OCH3 is 2. The van der Waals surface area contributed by atoms with Gasteiger partial charge in [-0.05, 0) is 25.5 Å². The smallest absolute Gasteiger partial charge is 0.422 e. The molecule has 1 aliphatic heterocycles. The van der Waals surface area contributed by atoms with Crippen molar-refractivity contribution in [2.75, 3.05) is 20.8 Å². The van der Waals surface area contributed by atoms with Gasteiger partial charge >= 0.3 is 6.18 Å². The van der Waals surface area contributed by atoms with Crippen molar-refractivity contribution < 1.29 is 32.2 Å². The van der Waals surface area contributed by atoms with Gasteiger partial charge in [0.05, 0.1) is 25.6 Å². The first-order valence-electron chi connectivity index (χ1n) is 8.19. The van der Waals surface area contributed by atoms with Crippen LogP contribution in [0.1, 0.15) is 24.1 Å². The van der Waals surface area contributed by atoms with Gasteiger partial charge in [0.2, 0.25) is 11.8 Å². The lowest BCUT2D eigenvalue weighted by Crippen LogP contribution is -2.60. The number of pyridine rings is 1. The molecule has 28 heavy (non-hydrogen) atoms. The van der Waals surface area contributed by atoms with Gasteiger partial charge in [-0.15, -0.1) is 0 Å². The molecule has 0 bridgehead atoms. The van der Waals surface area contributed by atoms with Crippen molar-refractivity contribution in [1.82, 2.24) is 15.6 Å². The van der Waals surface area contributed by atoms with Gasteiger partial charge in [-0.3, -0.25) is 9.79 Å². The highest BCUT2D eigenvalue weighted by molar-refractivity contribution is 6.02. The normalized spacial score (nSPS) is 20.0. The van der Waals surface area contributed by atoms with Crippen molar-refractivity contribution in [3.8, 4) is 5.88 Å². The number of nitrogens with zero attached hydrogens (tertiary/aromatic N) is 2. The number of hydrogen-bond donors (Lipinski definition) is 2.